The molecule has 110 valence electrons. The van der Waals surface area contributed by atoms with E-state index in [2.05, 4.69) is 15.5 Å². The number of nitrogens with one attached hydrogen (secondary N) is 2. The normalized spacial score (nSPS) is 19.2. The lowest BCUT2D eigenvalue weighted by Crippen LogP contribution is -2.53. The number of aliphatic hydroxyl groups is 1. The lowest BCUT2D eigenvalue weighted by atomic mass is 9.96. The fourth-order valence-corrected chi connectivity index (χ4v) is 2.40. The number of likely N-dealkylation sites (N-methyl/N-ethyl adjacent to an activating group) is 1. The highest BCUT2D eigenvalue weighted by Gasteiger charge is 2.36. The highest BCUT2D eigenvalue weighted by molar-refractivity contribution is 5.76. The van der Waals surface area contributed by atoms with Crippen molar-refractivity contribution < 1.29 is 19.8 Å². The molecule has 4 N–H and O–H groups in total. The Labute approximate surface area is 113 Å². The Morgan fingerprint density at radius 3 is 2.32 bits per heavy atom. The van der Waals surface area contributed by atoms with Crippen LogP contribution in [0, 0.1) is 0 Å². The van der Waals surface area contributed by atoms with Gasteiger partial charge in [-0.15, -0.1) is 0 Å². The Bertz CT molecular complexity index is 327. The maximum absolute atomic E-state index is 11.5. The van der Waals surface area contributed by atoms with Crippen LogP contribution in [0.25, 0.3) is 0 Å². The van der Waals surface area contributed by atoms with Gasteiger partial charge in [-0.05, 0) is 26.9 Å². The molecule has 1 saturated carbocycles. The molecule has 1 aliphatic rings. The molecule has 1 aliphatic carbocycles. The molecule has 2 amide bonds. The van der Waals surface area contributed by atoms with Crippen LogP contribution in [0.2, 0.25) is 0 Å². The number of hydrogen-bond donors (Lipinski definition) is 4. The van der Waals surface area contributed by atoms with Gasteiger partial charge in [0.1, 0.15) is 0 Å². The topological polar surface area (TPSA) is 102 Å². The van der Waals surface area contributed by atoms with Gasteiger partial charge in [-0.3, -0.25) is 0 Å². The molecule has 1 fully saturated rings. The average molecular weight is 273 g/mol. The van der Waals surface area contributed by atoms with Gasteiger partial charge in [0, 0.05) is 12.1 Å². The fourth-order valence-electron chi connectivity index (χ4n) is 2.40. The monoisotopic (exact) mass is 273 g/mol. The van der Waals surface area contributed by atoms with Crippen LogP contribution in [-0.2, 0) is 4.79 Å². The second-order valence-corrected chi connectivity index (χ2v) is 5.24. The van der Waals surface area contributed by atoms with Crippen LogP contribution in [0.15, 0.2) is 0 Å². The van der Waals surface area contributed by atoms with Crippen LogP contribution < -0.4 is 10.6 Å². The Morgan fingerprint density at radius 2 is 1.84 bits per heavy atom. The minimum Gasteiger partial charge on any atom is -0.479 e. The molecule has 0 bridgehead atoms. The van der Waals surface area contributed by atoms with Gasteiger partial charge in [-0.2, -0.15) is 0 Å². The van der Waals surface area contributed by atoms with Crippen molar-refractivity contribution >= 4 is 12.0 Å². The van der Waals surface area contributed by atoms with Crippen LogP contribution in [0.5, 0.6) is 0 Å². The second-order valence-electron chi connectivity index (χ2n) is 5.24. The van der Waals surface area contributed by atoms with E-state index in [9.17, 15) is 9.59 Å². The van der Waals surface area contributed by atoms with Gasteiger partial charge in [-0.1, -0.05) is 12.8 Å². The van der Waals surface area contributed by atoms with E-state index in [-0.39, 0.29) is 12.1 Å². The first kappa shape index (κ1) is 15.7. The smallest absolute Gasteiger partial charge is 0.334 e. The molecule has 7 heteroatoms. The second kappa shape index (κ2) is 6.72. The Hall–Kier alpha value is -1.34. The predicted octanol–water partition coefficient (Wildman–Crippen LogP) is -0.394. The largest absolute Gasteiger partial charge is 0.479 e. The first-order valence-corrected chi connectivity index (χ1v) is 6.47. The van der Waals surface area contributed by atoms with Crippen molar-refractivity contribution in [3.8, 4) is 0 Å². The zero-order valence-electron chi connectivity index (χ0n) is 11.5. The number of amides is 2. The molecule has 0 unspecified atom stereocenters. The van der Waals surface area contributed by atoms with E-state index < -0.39 is 18.1 Å². The number of aliphatic carboxylic acids is 1. The molecule has 0 aromatic heterocycles. The van der Waals surface area contributed by atoms with E-state index in [0.29, 0.717) is 6.54 Å². The molecular weight excluding hydrogens is 250 g/mol. The number of rotatable bonds is 6. The van der Waals surface area contributed by atoms with Gasteiger partial charge in [0.05, 0.1) is 6.54 Å². The average Bonchev–Trinajstić information content (AvgIpc) is 2.83. The number of nitrogens with zero attached hydrogens (tertiary/aromatic N) is 1. The van der Waals surface area contributed by atoms with Gasteiger partial charge in [0.25, 0.3) is 0 Å². The molecule has 0 heterocycles. The standard InChI is InChI=1S/C12H23N3O4/c1-15(2)12(5-3-4-6-12)8-14-11(19)13-7-9(16)10(17)18/h9,16H,3-8H2,1-2H3,(H,17,18)(H2,13,14,19)/t9-/m0/s1. The van der Waals surface area contributed by atoms with Crippen LogP contribution in [0.3, 0.4) is 0 Å². The van der Waals surface area contributed by atoms with Crippen LogP contribution in [0.1, 0.15) is 25.7 Å². The molecule has 0 aromatic carbocycles. The van der Waals surface area contributed by atoms with Crippen molar-refractivity contribution in [3.05, 3.63) is 0 Å². The third-order valence-corrected chi connectivity index (χ3v) is 3.80. The van der Waals surface area contributed by atoms with E-state index >= 15 is 0 Å². The fraction of sp³-hybridized carbons (Fsp3) is 0.833. The van der Waals surface area contributed by atoms with Crippen molar-refractivity contribution in [1.29, 1.82) is 0 Å². The van der Waals surface area contributed by atoms with Gasteiger partial charge >= 0.3 is 12.0 Å². The van der Waals surface area contributed by atoms with Gasteiger partial charge in [0.2, 0.25) is 0 Å². The molecule has 1 atom stereocenters. The Kier molecular flexibility index (Phi) is 5.56. The van der Waals surface area contributed by atoms with E-state index in [1.165, 1.54) is 0 Å². The summed E-state index contributed by atoms with van der Waals surface area (Å²) in [5, 5.41) is 22.6. The molecule has 7 nitrogen and oxygen atoms in total. The van der Waals surface area contributed by atoms with Crippen molar-refractivity contribution in [1.82, 2.24) is 15.5 Å². The highest BCUT2D eigenvalue weighted by Crippen LogP contribution is 2.32. The Balaban J connectivity index is 2.35. The van der Waals surface area contributed by atoms with Crippen LogP contribution in [0.4, 0.5) is 4.79 Å². The SMILES string of the molecule is CN(C)C1(CNC(=O)NC[C@H](O)C(=O)O)CCCC1. The van der Waals surface area contributed by atoms with E-state index in [1.54, 1.807) is 0 Å². The number of carboxylic acids is 1. The first-order chi connectivity index (χ1) is 8.87. The molecule has 1 rings (SSSR count). The number of carbonyl (C=O) groups excluding carboxylic acids is 1. The number of carboxylic acid groups (broad SMARTS) is 1. The van der Waals surface area contributed by atoms with Crippen molar-refractivity contribution in [3.63, 3.8) is 0 Å². The van der Waals surface area contributed by atoms with Gasteiger partial charge in [-0.25, -0.2) is 9.59 Å². The predicted molar refractivity (Wildman–Crippen MR) is 69.9 cm³/mol. The maximum Gasteiger partial charge on any atom is 0.334 e. The molecular formula is C12H23N3O4. The highest BCUT2D eigenvalue weighted by atomic mass is 16.4. The molecule has 0 saturated heterocycles. The summed E-state index contributed by atoms with van der Waals surface area (Å²) in [6.45, 7) is 0.227. The molecule has 0 aliphatic heterocycles. The summed E-state index contributed by atoms with van der Waals surface area (Å²) in [6, 6.07) is -0.451. The molecule has 0 spiro atoms. The van der Waals surface area contributed by atoms with Crippen LogP contribution >= 0.6 is 0 Å². The van der Waals surface area contributed by atoms with E-state index in [1.807, 2.05) is 14.1 Å². The minimum atomic E-state index is -1.57. The number of hydrogen-bond acceptors (Lipinski definition) is 4. The number of carbonyl (C=O) groups is 2. The summed E-state index contributed by atoms with van der Waals surface area (Å²) in [5.74, 6) is -1.35. The van der Waals surface area contributed by atoms with Crippen molar-refractivity contribution in [2.24, 2.45) is 0 Å². The lowest BCUT2D eigenvalue weighted by Gasteiger charge is -2.36. The van der Waals surface area contributed by atoms with Gasteiger partial charge in [0.15, 0.2) is 6.10 Å². The summed E-state index contributed by atoms with van der Waals surface area (Å²) in [7, 11) is 4.00. The Morgan fingerprint density at radius 1 is 1.26 bits per heavy atom. The lowest BCUT2D eigenvalue weighted by molar-refractivity contribution is -0.146. The molecule has 0 radical (unpaired) electrons. The minimum absolute atomic E-state index is 0.0112. The summed E-state index contributed by atoms with van der Waals surface area (Å²) in [5.41, 5.74) is -0.0112. The van der Waals surface area contributed by atoms with E-state index in [0.717, 1.165) is 25.7 Å². The van der Waals surface area contributed by atoms with E-state index in [4.69, 9.17) is 10.2 Å². The summed E-state index contributed by atoms with van der Waals surface area (Å²) in [6.07, 6.45) is 2.81. The summed E-state index contributed by atoms with van der Waals surface area (Å²) in [4.78, 5) is 24.1. The number of urea groups is 1. The van der Waals surface area contributed by atoms with Crippen LogP contribution in [-0.4, -0.2) is 65.9 Å². The third kappa shape index (κ3) is 4.36. The zero-order valence-corrected chi connectivity index (χ0v) is 11.5. The quantitative estimate of drug-likeness (QED) is 0.528. The third-order valence-electron chi connectivity index (χ3n) is 3.80. The number of aliphatic hydroxyl groups excluding tert-OH is 1. The summed E-state index contributed by atoms with van der Waals surface area (Å²) < 4.78 is 0. The van der Waals surface area contributed by atoms with Crippen molar-refractivity contribution in [2.45, 2.75) is 37.3 Å². The molecule has 0 aromatic rings. The van der Waals surface area contributed by atoms with Crippen molar-refractivity contribution in [2.75, 3.05) is 27.2 Å². The first-order valence-electron chi connectivity index (χ1n) is 6.47. The summed E-state index contributed by atoms with van der Waals surface area (Å²) >= 11 is 0. The van der Waals surface area contributed by atoms with Gasteiger partial charge < -0.3 is 25.7 Å². The zero-order chi connectivity index (χ0) is 14.5. The maximum atomic E-state index is 11.5. The molecule has 19 heavy (non-hydrogen) atoms.